The fraction of sp³-hybridized carbons (Fsp3) is 0.889. The molecule has 1 unspecified atom stereocenters. The summed E-state index contributed by atoms with van der Waals surface area (Å²) in [5.74, 6) is 0.0372. The molecule has 82 valence electrons. The van der Waals surface area contributed by atoms with Crippen LogP contribution >= 0.6 is 0 Å². The number of hydrogen-bond acceptors (Lipinski definition) is 3. The van der Waals surface area contributed by atoms with E-state index in [2.05, 4.69) is 0 Å². The van der Waals surface area contributed by atoms with Gasteiger partial charge in [0, 0.05) is 13.0 Å². The number of carbonyl (C=O) groups is 1. The van der Waals surface area contributed by atoms with Crippen LogP contribution in [0.4, 0.5) is 0 Å². The summed E-state index contributed by atoms with van der Waals surface area (Å²) in [6.45, 7) is 2.27. The Hall–Kier alpha value is -0.420. The van der Waals surface area contributed by atoms with E-state index >= 15 is 0 Å². The molecule has 0 spiro atoms. The lowest BCUT2D eigenvalue weighted by atomic mass is 10.00. The van der Waals surface area contributed by atoms with Crippen LogP contribution in [0.25, 0.3) is 0 Å². The van der Waals surface area contributed by atoms with E-state index in [1.54, 1.807) is 6.92 Å². The van der Waals surface area contributed by atoms with Crippen molar-refractivity contribution in [2.24, 2.45) is 0 Å². The second-order valence-corrected chi connectivity index (χ2v) is 5.64. The monoisotopic (exact) mass is 219 g/mol. The lowest BCUT2D eigenvalue weighted by Crippen LogP contribution is -2.47. The third kappa shape index (κ3) is 2.54. The summed E-state index contributed by atoms with van der Waals surface area (Å²) in [5, 5.41) is 0. The predicted octanol–water partition coefficient (Wildman–Crippen LogP) is 0.780. The van der Waals surface area contributed by atoms with Crippen LogP contribution in [0.15, 0.2) is 0 Å². The molecule has 0 N–H and O–H groups in total. The zero-order valence-corrected chi connectivity index (χ0v) is 9.51. The van der Waals surface area contributed by atoms with Gasteiger partial charge in [-0.05, 0) is 12.8 Å². The molecule has 1 fully saturated rings. The largest absolute Gasteiger partial charge is 0.298 e. The van der Waals surface area contributed by atoms with Crippen molar-refractivity contribution in [1.82, 2.24) is 4.31 Å². The number of carbonyl (C=O) groups excluding carboxylic acids is 1. The standard InChI is InChI=1S/C9H17NO3S/c1-3-9(11)8-6-4-5-7-10(8)14(2,12)13/h8H,3-7H2,1-2H3. The molecule has 0 aromatic rings. The Balaban J connectivity index is 2.85. The zero-order chi connectivity index (χ0) is 10.8. The van der Waals surface area contributed by atoms with Crippen molar-refractivity contribution in [3.63, 3.8) is 0 Å². The second kappa shape index (κ2) is 4.40. The maximum Gasteiger partial charge on any atom is 0.211 e. The minimum absolute atomic E-state index is 0.0372. The van der Waals surface area contributed by atoms with Crippen molar-refractivity contribution in [1.29, 1.82) is 0 Å². The lowest BCUT2D eigenvalue weighted by Gasteiger charge is -2.32. The Kier molecular flexibility index (Phi) is 3.66. The summed E-state index contributed by atoms with van der Waals surface area (Å²) >= 11 is 0. The minimum atomic E-state index is -3.22. The van der Waals surface area contributed by atoms with Crippen LogP contribution in [-0.2, 0) is 14.8 Å². The number of ketones is 1. The van der Waals surface area contributed by atoms with E-state index in [4.69, 9.17) is 0 Å². The van der Waals surface area contributed by atoms with Crippen molar-refractivity contribution in [3.8, 4) is 0 Å². The van der Waals surface area contributed by atoms with Gasteiger partial charge in [-0.2, -0.15) is 4.31 Å². The van der Waals surface area contributed by atoms with Crippen LogP contribution in [0, 0.1) is 0 Å². The Morgan fingerprint density at radius 2 is 2.07 bits per heavy atom. The molecule has 14 heavy (non-hydrogen) atoms. The molecule has 0 radical (unpaired) electrons. The Morgan fingerprint density at radius 1 is 1.43 bits per heavy atom. The summed E-state index contributed by atoms with van der Waals surface area (Å²) in [4.78, 5) is 11.5. The van der Waals surface area contributed by atoms with E-state index in [0.29, 0.717) is 19.4 Å². The molecule has 0 aromatic carbocycles. The minimum Gasteiger partial charge on any atom is -0.298 e. The summed E-state index contributed by atoms with van der Waals surface area (Å²) < 4.78 is 24.1. The number of piperidine rings is 1. The highest BCUT2D eigenvalue weighted by molar-refractivity contribution is 7.88. The molecule has 1 aliphatic heterocycles. The maximum atomic E-state index is 11.5. The van der Waals surface area contributed by atoms with Crippen LogP contribution < -0.4 is 0 Å². The fourth-order valence-corrected chi connectivity index (χ4v) is 3.01. The van der Waals surface area contributed by atoms with Gasteiger partial charge in [0.1, 0.15) is 0 Å². The van der Waals surface area contributed by atoms with Gasteiger partial charge in [0.25, 0.3) is 0 Å². The quantitative estimate of drug-likeness (QED) is 0.705. The number of Topliss-reactive ketones (excluding diaryl/α,β-unsaturated/α-hetero) is 1. The molecule has 0 bridgehead atoms. The van der Waals surface area contributed by atoms with Crippen LogP contribution in [-0.4, -0.2) is 37.3 Å². The number of rotatable bonds is 3. The van der Waals surface area contributed by atoms with Gasteiger partial charge in [0.15, 0.2) is 5.78 Å². The molecule has 0 aromatic heterocycles. The first-order chi connectivity index (χ1) is 6.46. The molecular weight excluding hydrogens is 202 g/mol. The number of hydrogen-bond donors (Lipinski definition) is 0. The molecule has 1 rings (SSSR count). The smallest absolute Gasteiger partial charge is 0.211 e. The fourth-order valence-electron chi connectivity index (χ4n) is 1.86. The molecule has 1 heterocycles. The van der Waals surface area contributed by atoms with Crippen LogP contribution in [0.5, 0.6) is 0 Å². The molecule has 4 nitrogen and oxygen atoms in total. The summed E-state index contributed by atoms with van der Waals surface area (Å²) in [7, 11) is -3.22. The highest BCUT2D eigenvalue weighted by atomic mass is 32.2. The van der Waals surface area contributed by atoms with E-state index in [-0.39, 0.29) is 5.78 Å². The first-order valence-electron chi connectivity index (χ1n) is 4.96. The first-order valence-corrected chi connectivity index (χ1v) is 6.81. The average Bonchev–Trinajstić information content (AvgIpc) is 2.15. The van der Waals surface area contributed by atoms with E-state index in [1.807, 2.05) is 0 Å². The normalized spacial score (nSPS) is 24.9. The first kappa shape index (κ1) is 11.7. The SMILES string of the molecule is CCC(=O)C1CCCCN1S(C)(=O)=O. The second-order valence-electron chi connectivity index (χ2n) is 3.71. The van der Waals surface area contributed by atoms with Gasteiger partial charge >= 0.3 is 0 Å². The van der Waals surface area contributed by atoms with Crippen LogP contribution in [0.2, 0.25) is 0 Å². The van der Waals surface area contributed by atoms with Crippen LogP contribution in [0.3, 0.4) is 0 Å². The van der Waals surface area contributed by atoms with Gasteiger partial charge < -0.3 is 0 Å². The number of nitrogens with zero attached hydrogens (tertiary/aromatic N) is 1. The topological polar surface area (TPSA) is 54.5 Å². The third-order valence-electron chi connectivity index (χ3n) is 2.60. The van der Waals surface area contributed by atoms with E-state index in [0.717, 1.165) is 12.8 Å². The van der Waals surface area contributed by atoms with Crippen LogP contribution in [0.1, 0.15) is 32.6 Å². The molecular formula is C9H17NO3S. The van der Waals surface area contributed by atoms with Crippen molar-refractivity contribution < 1.29 is 13.2 Å². The molecule has 5 heteroatoms. The van der Waals surface area contributed by atoms with Gasteiger partial charge in [0.2, 0.25) is 10.0 Å². The van der Waals surface area contributed by atoms with Gasteiger partial charge in [-0.3, -0.25) is 4.79 Å². The Labute approximate surface area is 85.3 Å². The van der Waals surface area contributed by atoms with Gasteiger partial charge in [0.05, 0.1) is 12.3 Å². The number of sulfonamides is 1. The van der Waals surface area contributed by atoms with Crippen molar-refractivity contribution in [2.75, 3.05) is 12.8 Å². The van der Waals surface area contributed by atoms with Crippen molar-refractivity contribution >= 4 is 15.8 Å². The van der Waals surface area contributed by atoms with E-state index < -0.39 is 16.1 Å². The summed E-state index contributed by atoms with van der Waals surface area (Å²) in [6.07, 6.45) is 4.08. The molecule has 0 amide bonds. The highest BCUT2D eigenvalue weighted by Crippen LogP contribution is 2.21. The summed E-state index contributed by atoms with van der Waals surface area (Å²) in [6, 6.07) is -0.399. The Bertz CT molecular complexity index is 310. The predicted molar refractivity (Wildman–Crippen MR) is 54.5 cm³/mol. The van der Waals surface area contributed by atoms with E-state index in [1.165, 1.54) is 10.6 Å². The molecule has 0 saturated carbocycles. The summed E-state index contributed by atoms with van der Waals surface area (Å²) in [5.41, 5.74) is 0. The van der Waals surface area contributed by atoms with Crippen molar-refractivity contribution in [2.45, 2.75) is 38.6 Å². The van der Waals surface area contributed by atoms with Gasteiger partial charge in [-0.25, -0.2) is 8.42 Å². The lowest BCUT2D eigenvalue weighted by molar-refractivity contribution is -0.123. The maximum absolute atomic E-state index is 11.5. The molecule has 0 aliphatic carbocycles. The third-order valence-corrected chi connectivity index (χ3v) is 3.89. The molecule has 1 saturated heterocycles. The van der Waals surface area contributed by atoms with Crippen molar-refractivity contribution in [3.05, 3.63) is 0 Å². The van der Waals surface area contributed by atoms with E-state index in [9.17, 15) is 13.2 Å². The average molecular weight is 219 g/mol. The highest BCUT2D eigenvalue weighted by Gasteiger charge is 2.32. The van der Waals surface area contributed by atoms with Gasteiger partial charge in [-0.15, -0.1) is 0 Å². The zero-order valence-electron chi connectivity index (χ0n) is 8.69. The Morgan fingerprint density at radius 3 is 2.57 bits per heavy atom. The molecule has 1 atom stereocenters. The molecule has 1 aliphatic rings. The van der Waals surface area contributed by atoms with Gasteiger partial charge in [-0.1, -0.05) is 13.3 Å².